The molecule has 1 atom stereocenters. The van der Waals surface area contributed by atoms with Crippen molar-refractivity contribution in [3.05, 3.63) is 17.0 Å². The van der Waals surface area contributed by atoms with Gasteiger partial charge in [0, 0.05) is 23.2 Å². The summed E-state index contributed by atoms with van der Waals surface area (Å²) in [6.07, 6.45) is 0. The van der Waals surface area contributed by atoms with Gasteiger partial charge in [0.25, 0.3) is 0 Å². The SMILES string of the molecule is CCNC(CSc1nc(C)c(C)c(C)n1)C(C)(C)C. The van der Waals surface area contributed by atoms with E-state index in [4.69, 9.17) is 0 Å². The van der Waals surface area contributed by atoms with Crippen molar-refractivity contribution >= 4 is 11.8 Å². The monoisotopic (exact) mass is 281 g/mol. The minimum atomic E-state index is 0.248. The average molecular weight is 281 g/mol. The van der Waals surface area contributed by atoms with Gasteiger partial charge in [-0.1, -0.05) is 39.5 Å². The van der Waals surface area contributed by atoms with E-state index in [0.29, 0.717) is 6.04 Å². The van der Waals surface area contributed by atoms with Crippen LogP contribution in [0, 0.1) is 26.2 Å². The molecule has 0 amide bonds. The summed E-state index contributed by atoms with van der Waals surface area (Å²) in [6.45, 7) is 16.2. The second kappa shape index (κ2) is 6.71. The van der Waals surface area contributed by atoms with Crippen LogP contribution in [0.4, 0.5) is 0 Å². The Morgan fingerprint density at radius 2 is 1.63 bits per heavy atom. The van der Waals surface area contributed by atoms with Gasteiger partial charge >= 0.3 is 0 Å². The summed E-state index contributed by atoms with van der Waals surface area (Å²) in [4.78, 5) is 9.14. The maximum absolute atomic E-state index is 4.57. The standard InChI is InChI=1S/C15H27N3S/c1-8-16-13(15(5,6)7)9-19-14-17-11(3)10(2)12(4)18-14/h13,16H,8-9H2,1-7H3. The minimum absolute atomic E-state index is 0.248. The van der Waals surface area contributed by atoms with Gasteiger partial charge in [0.15, 0.2) is 5.16 Å². The van der Waals surface area contributed by atoms with E-state index in [1.54, 1.807) is 11.8 Å². The number of hydrogen-bond acceptors (Lipinski definition) is 4. The normalized spacial score (nSPS) is 13.6. The van der Waals surface area contributed by atoms with Crippen molar-refractivity contribution in [3.63, 3.8) is 0 Å². The largest absolute Gasteiger partial charge is 0.313 e. The van der Waals surface area contributed by atoms with E-state index >= 15 is 0 Å². The van der Waals surface area contributed by atoms with Gasteiger partial charge in [-0.05, 0) is 38.3 Å². The molecule has 0 radical (unpaired) electrons. The van der Waals surface area contributed by atoms with E-state index in [2.05, 4.69) is 63.8 Å². The summed E-state index contributed by atoms with van der Waals surface area (Å²) in [5.74, 6) is 0.999. The van der Waals surface area contributed by atoms with Crippen LogP contribution in [0.1, 0.15) is 44.6 Å². The lowest BCUT2D eigenvalue weighted by Crippen LogP contribution is -2.42. The van der Waals surface area contributed by atoms with Crippen LogP contribution in [0.15, 0.2) is 5.16 Å². The summed E-state index contributed by atoms with van der Waals surface area (Å²) in [6, 6.07) is 0.466. The third kappa shape index (κ3) is 4.77. The Balaban J connectivity index is 2.75. The molecular weight excluding hydrogens is 254 g/mol. The fourth-order valence-corrected chi connectivity index (χ4v) is 3.16. The number of aromatic nitrogens is 2. The van der Waals surface area contributed by atoms with Crippen molar-refractivity contribution in [2.24, 2.45) is 5.41 Å². The zero-order valence-corrected chi connectivity index (χ0v) is 14.1. The highest BCUT2D eigenvalue weighted by atomic mass is 32.2. The number of nitrogens with zero attached hydrogens (tertiary/aromatic N) is 2. The Hall–Kier alpha value is -0.610. The molecule has 4 heteroatoms. The van der Waals surface area contributed by atoms with Crippen LogP contribution in [0.3, 0.4) is 0 Å². The first-order valence-corrected chi connectivity index (χ1v) is 7.92. The second-order valence-corrected chi connectivity index (χ2v) is 7.08. The maximum atomic E-state index is 4.57. The molecule has 108 valence electrons. The minimum Gasteiger partial charge on any atom is -0.313 e. The molecule has 0 spiro atoms. The van der Waals surface area contributed by atoms with E-state index in [1.165, 1.54) is 5.56 Å². The molecule has 1 N–H and O–H groups in total. The zero-order chi connectivity index (χ0) is 14.6. The van der Waals surface area contributed by atoms with Crippen molar-refractivity contribution in [3.8, 4) is 0 Å². The third-order valence-electron chi connectivity index (χ3n) is 3.49. The summed E-state index contributed by atoms with van der Waals surface area (Å²) < 4.78 is 0. The van der Waals surface area contributed by atoms with Crippen LogP contribution in [-0.2, 0) is 0 Å². The first kappa shape index (κ1) is 16.4. The topological polar surface area (TPSA) is 37.8 Å². The summed E-state index contributed by atoms with van der Waals surface area (Å²) in [5.41, 5.74) is 3.62. The number of thioether (sulfide) groups is 1. The summed E-state index contributed by atoms with van der Waals surface area (Å²) in [7, 11) is 0. The van der Waals surface area contributed by atoms with Crippen molar-refractivity contribution in [1.29, 1.82) is 0 Å². The Labute approximate surface area is 122 Å². The van der Waals surface area contributed by atoms with E-state index in [1.807, 2.05) is 0 Å². The molecule has 0 fully saturated rings. The van der Waals surface area contributed by atoms with E-state index in [9.17, 15) is 0 Å². The highest BCUT2D eigenvalue weighted by molar-refractivity contribution is 7.99. The van der Waals surface area contributed by atoms with E-state index < -0.39 is 0 Å². The molecule has 0 aromatic carbocycles. The molecule has 0 bridgehead atoms. The van der Waals surface area contributed by atoms with Gasteiger partial charge < -0.3 is 5.32 Å². The molecule has 1 heterocycles. The van der Waals surface area contributed by atoms with Crippen LogP contribution in [0.2, 0.25) is 0 Å². The molecule has 0 saturated carbocycles. The highest BCUT2D eigenvalue weighted by Gasteiger charge is 2.24. The van der Waals surface area contributed by atoms with Gasteiger partial charge in [-0.15, -0.1) is 0 Å². The molecule has 1 unspecified atom stereocenters. The van der Waals surface area contributed by atoms with Gasteiger partial charge in [-0.25, -0.2) is 9.97 Å². The second-order valence-electron chi connectivity index (χ2n) is 6.09. The first-order valence-electron chi connectivity index (χ1n) is 6.93. The van der Waals surface area contributed by atoms with Crippen LogP contribution in [0.5, 0.6) is 0 Å². The molecule has 0 aliphatic rings. The van der Waals surface area contributed by atoms with E-state index in [-0.39, 0.29) is 5.41 Å². The van der Waals surface area contributed by atoms with Gasteiger partial charge in [-0.2, -0.15) is 0 Å². The summed E-state index contributed by atoms with van der Waals surface area (Å²) in [5, 5.41) is 4.45. The van der Waals surface area contributed by atoms with E-state index in [0.717, 1.165) is 28.8 Å². The van der Waals surface area contributed by atoms with Crippen LogP contribution in [-0.4, -0.2) is 28.3 Å². The Bertz CT molecular complexity index is 401. The number of hydrogen-bond donors (Lipinski definition) is 1. The molecular formula is C15H27N3S. The molecule has 19 heavy (non-hydrogen) atoms. The lowest BCUT2D eigenvalue weighted by molar-refractivity contribution is 0.295. The van der Waals surface area contributed by atoms with Crippen LogP contribution in [0.25, 0.3) is 0 Å². The Morgan fingerprint density at radius 1 is 1.11 bits per heavy atom. The van der Waals surface area contributed by atoms with Crippen LogP contribution >= 0.6 is 11.8 Å². The first-order chi connectivity index (χ1) is 8.75. The van der Waals surface area contributed by atoms with Crippen LogP contribution < -0.4 is 5.32 Å². The molecule has 3 nitrogen and oxygen atoms in total. The Kier molecular flexibility index (Phi) is 5.81. The van der Waals surface area contributed by atoms with Crippen molar-refractivity contribution in [1.82, 2.24) is 15.3 Å². The van der Waals surface area contributed by atoms with Gasteiger partial charge in [0.2, 0.25) is 0 Å². The molecule has 1 aromatic rings. The average Bonchev–Trinajstić information content (AvgIpc) is 2.29. The van der Waals surface area contributed by atoms with Crippen molar-refractivity contribution in [2.75, 3.05) is 12.3 Å². The third-order valence-corrected chi connectivity index (χ3v) is 4.43. The van der Waals surface area contributed by atoms with Gasteiger partial charge in [-0.3, -0.25) is 0 Å². The number of aryl methyl sites for hydroxylation is 2. The van der Waals surface area contributed by atoms with Crippen molar-refractivity contribution in [2.45, 2.75) is 59.7 Å². The highest BCUT2D eigenvalue weighted by Crippen LogP contribution is 2.25. The molecule has 0 aliphatic heterocycles. The molecule has 0 aliphatic carbocycles. The Morgan fingerprint density at radius 3 is 2.05 bits per heavy atom. The fraction of sp³-hybridized carbons (Fsp3) is 0.733. The maximum Gasteiger partial charge on any atom is 0.188 e. The fourth-order valence-electron chi connectivity index (χ4n) is 1.83. The number of nitrogens with one attached hydrogen (secondary N) is 1. The molecule has 0 saturated heterocycles. The smallest absolute Gasteiger partial charge is 0.188 e. The van der Waals surface area contributed by atoms with Gasteiger partial charge in [0.05, 0.1) is 0 Å². The lowest BCUT2D eigenvalue weighted by atomic mass is 9.88. The molecule has 1 rings (SSSR count). The predicted molar refractivity (Wildman–Crippen MR) is 83.9 cm³/mol. The molecule has 1 aromatic heterocycles. The van der Waals surface area contributed by atoms with Crippen molar-refractivity contribution < 1.29 is 0 Å². The number of rotatable bonds is 5. The zero-order valence-electron chi connectivity index (χ0n) is 13.3. The predicted octanol–water partition coefficient (Wildman–Crippen LogP) is 3.52. The quantitative estimate of drug-likeness (QED) is 0.662. The lowest BCUT2D eigenvalue weighted by Gasteiger charge is -2.31. The van der Waals surface area contributed by atoms with Gasteiger partial charge in [0.1, 0.15) is 0 Å². The summed E-state index contributed by atoms with van der Waals surface area (Å²) >= 11 is 1.75.